The first kappa shape index (κ1) is 24.5. The van der Waals surface area contributed by atoms with E-state index < -0.39 is 10.8 Å². The molecule has 0 spiro atoms. The summed E-state index contributed by atoms with van der Waals surface area (Å²) in [6, 6.07) is 15.7. The normalized spacial score (nSPS) is 14.5. The maximum Gasteiger partial charge on any atom is 0.263 e. The van der Waals surface area contributed by atoms with Gasteiger partial charge in [0.05, 0.1) is 10.8 Å². The van der Waals surface area contributed by atoms with Crippen molar-refractivity contribution in [3.05, 3.63) is 71.7 Å². The lowest BCUT2D eigenvalue weighted by Crippen LogP contribution is -2.10. The third kappa shape index (κ3) is 6.28. The molecule has 35 heavy (non-hydrogen) atoms. The standard InChI is InChI=1S/C17H18N6O2S.C8H10O/c1-2-14-21-16(25-23-14)12-9-19-17(22-15(12)18)20-11-5-6-13-10(8-11)4-3-7-26(13)24;9-7-6-8-4-2-1-3-5-8/h5-6,8-9H,2-4,7H2,1H3,(H3,18,19,20,22);1-5,9H,6-7H2. The Balaban J connectivity index is 0.000000271. The van der Waals surface area contributed by atoms with Gasteiger partial charge in [-0.25, -0.2) is 4.98 Å². The number of nitrogens with zero attached hydrogens (tertiary/aromatic N) is 4. The van der Waals surface area contributed by atoms with E-state index in [1.165, 1.54) is 5.56 Å². The van der Waals surface area contributed by atoms with Crippen molar-refractivity contribution in [1.29, 1.82) is 0 Å². The molecule has 9 nitrogen and oxygen atoms in total. The number of nitrogen functional groups attached to an aromatic ring is 1. The molecule has 1 aliphatic heterocycles. The van der Waals surface area contributed by atoms with E-state index in [1.807, 2.05) is 55.5 Å². The molecule has 4 N–H and O–H groups in total. The van der Waals surface area contributed by atoms with E-state index in [2.05, 4.69) is 25.4 Å². The van der Waals surface area contributed by atoms with Crippen LogP contribution in [0.25, 0.3) is 11.5 Å². The fourth-order valence-corrected chi connectivity index (χ4v) is 4.91. The number of rotatable bonds is 6. The molecule has 0 saturated carbocycles. The monoisotopic (exact) mass is 492 g/mol. The van der Waals surface area contributed by atoms with Crippen LogP contribution in [0.4, 0.5) is 17.5 Å². The molecule has 182 valence electrons. The second-order valence-electron chi connectivity index (χ2n) is 7.92. The predicted molar refractivity (Wildman–Crippen MR) is 136 cm³/mol. The number of nitrogens with one attached hydrogen (secondary N) is 1. The third-order valence-corrected chi connectivity index (χ3v) is 6.96. The molecule has 3 heterocycles. The average Bonchev–Trinajstić information content (AvgIpc) is 3.35. The number of benzene rings is 2. The van der Waals surface area contributed by atoms with Crippen LogP contribution in [0.1, 0.15) is 30.3 Å². The van der Waals surface area contributed by atoms with Gasteiger partial charge in [-0.1, -0.05) is 42.4 Å². The minimum absolute atomic E-state index is 0.240. The summed E-state index contributed by atoms with van der Waals surface area (Å²) in [6.45, 7) is 2.18. The van der Waals surface area contributed by atoms with E-state index in [0.29, 0.717) is 29.6 Å². The Morgan fingerprint density at radius 2 is 2.00 bits per heavy atom. The second-order valence-corrected chi connectivity index (χ2v) is 9.46. The summed E-state index contributed by atoms with van der Waals surface area (Å²) < 4.78 is 17.2. The molecule has 2 aromatic carbocycles. The maximum atomic E-state index is 12.0. The predicted octanol–water partition coefficient (Wildman–Crippen LogP) is 3.69. The Morgan fingerprint density at radius 3 is 2.71 bits per heavy atom. The zero-order valence-electron chi connectivity index (χ0n) is 19.5. The molecular formula is C25H28N6O3S. The Morgan fingerprint density at radius 1 is 1.17 bits per heavy atom. The highest BCUT2D eigenvalue weighted by molar-refractivity contribution is 7.85. The van der Waals surface area contributed by atoms with Crippen molar-refractivity contribution in [2.24, 2.45) is 0 Å². The van der Waals surface area contributed by atoms with Gasteiger partial charge in [-0.3, -0.25) is 4.21 Å². The number of aryl methyl sites for hydroxylation is 2. The van der Waals surface area contributed by atoms with Gasteiger partial charge in [0, 0.05) is 35.6 Å². The molecule has 10 heteroatoms. The number of aromatic nitrogens is 4. The first-order valence-electron chi connectivity index (χ1n) is 11.5. The van der Waals surface area contributed by atoms with Crippen molar-refractivity contribution in [3.8, 4) is 11.5 Å². The zero-order chi connectivity index (χ0) is 24.6. The number of hydrogen-bond acceptors (Lipinski definition) is 9. The van der Waals surface area contributed by atoms with E-state index in [4.69, 9.17) is 15.4 Å². The van der Waals surface area contributed by atoms with Crippen LogP contribution < -0.4 is 11.1 Å². The number of anilines is 3. The maximum absolute atomic E-state index is 12.0. The average molecular weight is 493 g/mol. The van der Waals surface area contributed by atoms with E-state index in [-0.39, 0.29) is 12.4 Å². The van der Waals surface area contributed by atoms with Crippen LogP contribution >= 0.6 is 0 Å². The third-order valence-electron chi connectivity index (χ3n) is 5.41. The quantitative estimate of drug-likeness (QED) is 0.367. The van der Waals surface area contributed by atoms with Crippen LogP contribution in [0.3, 0.4) is 0 Å². The molecule has 1 aliphatic rings. The molecule has 0 aliphatic carbocycles. The van der Waals surface area contributed by atoms with Crippen molar-refractivity contribution in [1.82, 2.24) is 20.1 Å². The van der Waals surface area contributed by atoms with Crippen molar-refractivity contribution in [2.45, 2.75) is 37.5 Å². The highest BCUT2D eigenvalue weighted by atomic mass is 32.2. The van der Waals surface area contributed by atoms with Crippen LogP contribution in [0, 0.1) is 0 Å². The largest absolute Gasteiger partial charge is 0.396 e. The fourth-order valence-electron chi connectivity index (χ4n) is 3.61. The molecule has 4 aromatic rings. The number of hydrogen-bond donors (Lipinski definition) is 3. The highest BCUT2D eigenvalue weighted by Crippen LogP contribution is 2.27. The van der Waals surface area contributed by atoms with E-state index >= 15 is 0 Å². The summed E-state index contributed by atoms with van der Waals surface area (Å²) >= 11 is 0. The first-order chi connectivity index (χ1) is 17.1. The molecule has 0 saturated heterocycles. The van der Waals surface area contributed by atoms with E-state index in [0.717, 1.165) is 41.2 Å². The molecule has 0 fully saturated rings. The number of fused-ring (bicyclic) bond motifs is 1. The number of aliphatic hydroxyl groups is 1. The lowest BCUT2D eigenvalue weighted by molar-refractivity contribution is 0.299. The van der Waals surface area contributed by atoms with Crippen molar-refractivity contribution >= 4 is 28.3 Å². The molecule has 0 bridgehead atoms. The smallest absolute Gasteiger partial charge is 0.263 e. The van der Waals surface area contributed by atoms with Gasteiger partial charge in [-0.15, -0.1) is 0 Å². The van der Waals surface area contributed by atoms with Crippen LogP contribution in [0.2, 0.25) is 0 Å². The number of nitrogens with two attached hydrogens (primary N) is 1. The second kappa shape index (κ2) is 11.7. The van der Waals surface area contributed by atoms with Crippen molar-refractivity contribution < 1.29 is 13.8 Å². The molecule has 1 unspecified atom stereocenters. The van der Waals surface area contributed by atoms with Gasteiger partial charge in [0.2, 0.25) is 5.95 Å². The molecule has 1 atom stereocenters. The molecule has 2 aromatic heterocycles. The van der Waals surface area contributed by atoms with E-state index in [1.54, 1.807) is 6.20 Å². The van der Waals surface area contributed by atoms with Gasteiger partial charge in [-0.2, -0.15) is 9.97 Å². The topological polar surface area (TPSA) is 140 Å². The lowest BCUT2D eigenvalue weighted by Gasteiger charge is -2.16. The summed E-state index contributed by atoms with van der Waals surface area (Å²) in [5, 5.41) is 15.5. The van der Waals surface area contributed by atoms with E-state index in [9.17, 15) is 4.21 Å². The Bertz CT molecular complexity index is 1300. The van der Waals surface area contributed by atoms with Gasteiger partial charge >= 0.3 is 0 Å². The molecular weight excluding hydrogens is 464 g/mol. The summed E-state index contributed by atoms with van der Waals surface area (Å²) in [5.41, 5.74) is 9.66. The van der Waals surface area contributed by atoms with Crippen LogP contribution in [-0.2, 0) is 30.1 Å². The van der Waals surface area contributed by atoms with Gasteiger partial charge in [0.25, 0.3) is 5.89 Å². The first-order valence-corrected chi connectivity index (χ1v) is 12.8. The minimum Gasteiger partial charge on any atom is -0.396 e. The Kier molecular flexibility index (Phi) is 8.17. The summed E-state index contributed by atoms with van der Waals surface area (Å²) in [4.78, 5) is 13.7. The molecule has 5 rings (SSSR count). The Labute approximate surface area is 206 Å². The van der Waals surface area contributed by atoms with Gasteiger partial charge in [0.15, 0.2) is 5.82 Å². The van der Waals surface area contributed by atoms with Crippen molar-refractivity contribution in [2.75, 3.05) is 23.4 Å². The number of aliphatic hydroxyl groups excluding tert-OH is 1. The SMILES string of the molecule is CCc1noc(-c2cnc(Nc3ccc4c(c3)CCCS4=O)nc2N)n1.OCCc1ccccc1. The minimum atomic E-state index is -0.899. The lowest BCUT2D eigenvalue weighted by atomic mass is 10.1. The highest BCUT2D eigenvalue weighted by Gasteiger charge is 2.17. The van der Waals surface area contributed by atoms with Crippen LogP contribution in [-0.4, -0.2) is 41.8 Å². The summed E-state index contributed by atoms with van der Waals surface area (Å²) in [7, 11) is -0.899. The van der Waals surface area contributed by atoms with Crippen LogP contribution in [0.5, 0.6) is 0 Å². The molecule has 0 radical (unpaired) electrons. The van der Waals surface area contributed by atoms with Gasteiger partial charge < -0.3 is 20.7 Å². The van der Waals surface area contributed by atoms with Crippen molar-refractivity contribution in [3.63, 3.8) is 0 Å². The zero-order valence-corrected chi connectivity index (χ0v) is 20.3. The summed E-state index contributed by atoms with van der Waals surface area (Å²) in [5.74, 6) is 2.28. The molecule has 0 amide bonds. The van der Waals surface area contributed by atoms with Crippen LogP contribution in [0.15, 0.2) is 64.1 Å². The van der Waals surface area contributed by atoms with Gasteiger partial charge in [-0.05, 0) is 48.6 Å². The van der Waals surface area contributed by atoms with Gasteiger partial charge in [0.1, 0.15) is 11.4 Å². The fraction of sp³-hybridized carbons (Fsp3) is 0.280. The summed E-state index contributed by atoms with van der Waals surface area (Å²) in [6.07, 6.45) is 4.86. The Hall–Kier alpha value is -3.63.